The molecule has 7 heteroatoms. The summed E-state index contributed by atoms with van der Waals surface area (Å²) in [5, 5.41) is 12.6. The van der Waals surface area contributed by atoms with Crippen LogP contribution in [0.15, 0.2) is 45.9 Å². The summed E-state index contributed by atoms with van der Waals surface area (Å²) < 4.78 is 10.6. The molecule has 0 saturated heterocycles. The third kappa shape index (κ3) is 3.66. The Labute approximate surface area is 126 Å². The van der Waals surface area contributed by atoms with Crippen LogP contribution in [0.25, 0.3) is 10.4 Å². The van der Waals surface area contributed by atoms with Crippen molar-refractivity contribution in [3.05, 3.63) is 69.5 Å². The van der Waals surface area contributed by atoms with Crippen LogP contribution in [0.5, 0.6) is 0 Å². The molecule has 0 fully saturated rings. The first-order chi connectivity index (χ1) is 10.7. The Kier molecular flexibility index (Phi) is 5.19. The van der Waals surface area contributed by atoms with E-state index in [9.17, 15) is 4.79 Å². The molecule has 0 saturated carbocycles. The lowest BCUT2D eigenvalue weighted by molar-refractivity contribution is 0.0470. The molecule has 0 radical (unpaired) electrons. The number of aliphatic hydroxyl groups excluding tert-OH is 1. The number of hydrogen-bond acceptors (Lipinski definition) is 5. The van der Waals surface area contributed by atoms with E-state index in [1.165, 1.54) is 6.07 Å². The number of hydrogen-bond donors (Lipinski definition) is 1. The van der Waals surface area contributed by atoms with Crippen molar-refractivity contribution in [2.24, 2.45) is 5.11 Å². The largest absolute Gasteiger partial charge is 0.465 e. The molecule has 0 bridgehead atoms. The lowest BCUT2D eigenvalue weighted by Gasteiger charge is -2.03. The summed E-state index contributed by atoms with van der Waals surface area (Å²) in [6.45, 7) is 1.35. The van der Waals surface area contributed by atoms with Crippen molar-refractivity contribution in [2.45, 2.75) is 19.6 Å². The number of rotatable bonds is 6. The van der Waals surface area contributed by atoms with Crippen LogP contribution < -0.4 is 0 Å². The summed E-state index contributed by atoms with van der Waals surface area (Å²) in [5.41, 5.74) is 9.56. The molecule has 1 aromatic carbocycles. The maximum Gasteiger partial charge on any atom is 0.342 e. The Bertz CT molecular complexity index is 690. The van der Waals surface area contributed by atoms with E-state index in [0.717, 1.165) is 5.56 Å². The highest BCUT2D eigenvalue weighted by atomic mass is 16.5. The highest BCUT2D eigenvalue weighted by Gasteiger charge is 2.20. The van der Waals surface area contributed by atoms with Crippen molar-refractivity contribution in [2.75, 3.05) is 6.61 Å². The summed E-state index contributed by atoms with van der Waals surface area (Å²) >= 11 is 0. The van der Waals surface area contributed by atoms with E-state index >= 15 is 0 Å². The lowest BCUT2D eigenvalue weighted by Crippen LogP contribution is -2.05. The number of aryl methyl sites for hydroxylation is 1. The Morgan fingerprint density at radius 2 is 2.18 bits per heavy atom. The van der Waals surface area contributed by atoms with E-state index in [4.69, 9.17) is 19.8 Å². The Balaban J connectivity index is 2.10. The van der Waals surface area contributed by atoms with Crippen molar-refractivity contribution in [3.63, 3.8) is 0 Å². The monoisotopic (exact) mass is 301 g/mol. The number of furan rings is 1. The molecule has 0 unspecified atom stereocenters. The van der Waals surface area contributed by atoms with Gasteiger partial charge in [0.2, 0.25) is 0 Å². The quantitative estimate of drug-likeness (QED) is 0.382. The second-order valence-electron chi connectivity index (χ2n) is 4.58. The first-order valence-corrected chi connectivity index (χ1v) is 6.62. The van der Waals surface area contributed by atoms with Gasteiger partial charge in [0.1, 0.15) is 29.7 Å². The van der Waals surface area contributed by atoms with Gasteiger partial charge in [0.15, 0.2) is 0 Å². The SMILES string of the molecule is Cc1oc([C@@H](CO)N=[N+]=[N-])cc1C(=O)OCc1ccccc1. The Hall–Kier alpha value is -2.76. The highest BCUT2D eigenvalue weighted by molar-refractivity contribution is 5.90. The number of esters is 1. The number of benzene rings is 1. The minimum Gasteiger partial charge on any atom is -0.465 e. The summed E-state index contributed by atoms with van der Waals surface area (Å²) in [5.74, 6) is 0.0399. The van der Waals surface area contributed by atoms with Crippen molar-refractivity contribution < 1.29 is 19.1 Å². The predicted octanol–water partition coefficient (Wildman–Crippen LogP) is 3.29. The number of azide groups is 1. The first-order valence-electron chi connectivity index (χ1n) is 6.62. The van der Waals surface area contributed by atoms with E-state index in [-0.39, 0.29) is 17.9 Å². The van der Waals surface area contributed by atoms with E-state index in [2.05, 4.69) is 10.0 Å². The smallest absolute Gasteiger partial charge is 0.342 e. The minimum absolute atomic E-state index is 0.152. The van der Waals surface area contributed by atoms with Gasteiger partial charge in [-0.05, 0) is 24.1 Å². The van der Waals surface area contributed by atoms with E-state index < -0.39 is 18.6 Å². The third-order valence-corrected chi connectivity index (χ3v) is 3.06. The van der Waals surface area contributed by atoms with Crippen LogP contribution in [0.2, 0.25) is 0 Å². The predicted molar refractivity (Wildman–Crippen MR) is 78.0 cm³/mol. The van der Waals surface area contributed by atoms with E-state index in [1.807, 2.05) is 30.3 Å². The lowest BCUT2D eigenvalue weighted by atomic mass is 10.2. The number of carbonyl (C=O) groups excluding carboxylic acids is 1. The molecule has 0 aliphatic carbocycles. The molecular formula is C15H15N3O4. The molecule has 1 aromatic heterocycles. The maximum absolute atomic E-state index is 12.1. The number of nitrogens with zero attached hydrogens (tertiary/aromatic N) is 3. The van der Waals surface area contributed by atoms with Gasteiger partial charge in [0.25, 0.3) is 0 Å². The number of carbonyl (C=O) groups is 1. The zero-order valence-corrected chi connectivity index (χ0v) is 12.0. The fraction of sp³-hybridized carbons (Fsp3) is 0.267. The van der Waals surface area contributed by atoms with Crippen molar-refractivity contribution in [1.29, 1.82) is 0 Å². The topological polar surface area (TPSA) is 108 Å². The molecule has 22 heavy (non-hydrogen) atoms. The van der Waals surface area contributed by atoms with Crippen LogP contribution >= 0.6 is 0 Å². The van der Waals surface area contributed by atoms with Crippen LogP contribution in [0.1, 0.15) is 33.5 Å². The van der Waals surface area contributed by atoms with Gasteiger partial charge in [-0.15, -0.1) is 0 Å². The molecule has 0 aliphatic heterocycles. The molecular weight excluding hydrogens is 286 g/mol. The van der Waals surface area contributed by atoms with Crippen LogP contribution in [0, 0.1) is 6.92 Å². The molecule has 0 amide bonds. The molecule has 7 nitrogen and oxygen atoms in total. The van der Waals surface area contributed by atoms with E-state index in [1.54, 1.807) is 6.92 Å². The fourth-order valence-corrected chi connectivity index (χ4v) is 1.92. The van der Waals surface area contributed by atoms with Gasteiger partial charge >= 0.3 is 5.97 Å². The second-order valence-corrected chi connectivity index (χ2v) is 4.58. The Morgan fingerprint density at radius 3 is 2.82 bits per heavy atom. The van der Waals surface area contributed by atoms with Gasteiger partial charge in [-0.1, -0.05) is 35.4 Å². The van der Waals surface area contributed by atoms with Gasteiger partial charge in [0, 0.05) is 4.91 Å². The normalized spacial score (nSPS) is 11.5. The minimum atomic E-state index is -0.862. The highest BCUT2D eigenvalue weighted by Crippen LogP contribution is 2.24. The van der Waals surface area contributed by atoms with E-state index in [0.29, 0.717) is 5.76 Å². The van der Waals surface area contributed by atoms with Gasteiger partial charge in [-0.2, -0.15) is 0 Å². The van der Waals surface area contributed by atoms with Crippen LogP contribution in [-0.2, 0) is 11.3 Å². The molecule has 2 rings (SSSR count). The molecule has 0 aliphatic rings. The van der Waals surface area contributed by atoms with Gasteiger partial charge in [-0.25, -0.2) is 4.79 Å². The standard InChI is InChI=1S/C15H15N3O4/c1-10-12(7-14(22-10)13(8-19)17-18-16)15(20)21-9-11-5-3-2-4-6-11/h2-7,13,19H,8-9H2,1H3/t13-/m1/s1. The van der Waals surface area contributed by atoms with Crippen LogP contribution in [0.3, 0.4) is 0 Å². The number of ether oxygens (including phenoxy) is 1. The van der Waals surface area contributed by atoms with Crippen molar-refractivity contribution >= 4 is 5.97 Å². The second kappa shape index (κ2) is 7.31. The average molecular weight is 301 g/mol. The average Bonchev–Trinajstić information content (AvgIpc) is 2.93. The zero-order valence-electron chi connectivity index (χ0n) is 12.0. The van der Waals surface area contributed by atoms with Gasteiger partial charge < -0.3 is 14.3 Å². The van der Waals surface area contributed by atoms with Gasteiger partial charge in [0.05, 0.1) is 6.61 Å². The van der Waals surface area contributed by atoms with Crippen LogP contribution in [0.4, 0.5) is 0 Å². The van der Waals surface area contributed by atoms with Crippen molar-refractivity contribution in [3.8, 4) is 0 Å². The summed E-state index contributed by atoms with van der Waals surface area (Å²) in [6.07, 6.45) is 0. The zero-order chi connectivity index (χ0) is 15.9. The Morgan fingerprint density at radius 1 is 1.45 bits per heavy atom. The molecule has 2 aromatic rings. The third-order valence-electron chi connectivity index (χ3n) is 3.06. The van der Waals surface area contributed by atoms with Crippen molar-refractivity contribution in [1.82, 2.24) is 0 Å². The fourth-order valence-electron chi connectivity index (χ4n) is 1.92. The molecule has 114 valence electrons. The summed E-state index contributed by atoms with van der Waals surface area (Å²) in [4.78, 5) is 14.7. The van der Waals surface area contributed by atoms with Gasteiger partial charge in [-0.3, -0.25) is 0 Å². The summed E-state index contributed by atoms with van der Waals surface area (Å²) in [7, 11) is 0. The molecule has 1 N–H and O–H groups in total. The number of aliphatic hydroxyl groups is 1. The van der Waals surface area contributed by atoms with Crippen LogP contribution in [-0.4, -0.2) is 17.7 Å². The molecule has 1 heterocycles. The first kappa shape index (κ1) is 15.6. The summed E-state index contributed by atoms with van der Waals surface area (Å²) in [6, 6.07) is 9.86. The maximum atomic E-state index is 12.1. The molecule has 1 atom stereocenters. The molecule has 0 spiro atoms.